The number of rotatable bonds is 5. The van der Waals surface area contributed by atoms with E-state index >= 15 is 0 Å². The number of aromatic nitrogens is 2. The zero-order valence-corrected chi connectivity index (χ0v) is 14.7. The molecule has 0 saturated heterocycles. The van der Waals surface area contributed by atoms with Crippen LogP contribution in [0.25, 0.3) is 5.69 Å². The van der Waals surface area contributed by atoms with E-state index in [1.807, 2.05) is 54.1 Å². The number of aryl methyl sites for hydroxylation is 1. The van der Waals surface area contributed by atoms with Gasteiger partial charge in [0.15, 0.2) is 0 Å². The first-order valence-corrected chi connectivity index (χ1v) is 8.23. The lowest BCUT2D eigenvalue weighted by molar-refractivity contribution is -0.116. The minimum Gasteiger partial charge on any atom is -0.332 e. The molecule has 1 aromatic heterocycles. The third kappa shape index (κ3) is 4.16. The smallest absolute Gasteiger partial charge is 0.254 e. The second-order valence-corrected chi connectivity index (χ2v) is 6.10. The van der Waals surface area contributed by atoms with Crippen LogP contribution in [-0.4, -0.2) is 39.9 Å². The summed E-state index contributed by atoms with van der Waals surface area (Å²) in [5, 5.41) is 2.79. The zero-order valence-electron chi connectivity index (χ0n) is 14.7. The Morgan fingerprint density at radius 3 is 2.62 bits per heavy atom. The Labute approximate surface area is 152 Å². The van der Waals surface area contributed by atoms with Crippen LogP contribution in [0.2, 0.25) is 0 Å². The van der Waals surface area contributed by atoms with Crippen molar-refractivity contribution < 1.29 is 9.59 Å². The van der Waals surface area contributed by atoms with Crippen LogP contribution < -0.4 is 5.32 Å². The molecule has 26 heavy (non-hydrogen) atoms. The number of amides is 2. The molecule has 0 atom stereocenters. The van der Waals surface area contributed by atoms with Crippen LogP contribution in [0.3, 0.4) is 0 Å². The lowest BCUT2D eigenvalue weighted by atomic mass is 10.1. The van der Waals surface area contributed by atoms with Gasteiger partial charge in [0.2, 0.25) is 5.91 Å². The molecule has 132 valence electrons. The molecule has 1 heterocycles. The highest BCUT2D eigenvalue weighted by Crippen LogP contribution is 2.12. The van der Waals surface area contributed by atoms with Gasteiger partial charge in [0, 0.05) is 36.4 Å². The first kappa shape index (κ1) is 17.4. The molecule has 3 rings (SSSR count). The maximum Gasteiger partial charge on any atom is 0.254 e. The number of benzene rings is 2. The predicted octanol–water partition coefficient (Wildman–Crippen LogP) is 2.89. The molecule has 0 unspecified atom stereocenters. The van der Waals surface area contributed by atoms with Gasteiger partial charge in [-0.1, -0.05) is 23.8 Å². The fourth-order valence-electron chi connectivity index (χ4n) is 2.56. The normalized spacial score (nSPS) is 10.4. The molecule has 1 N–H and O–H groups in total. The highest BCUT2D eigenvalue weighted by atomic mass is 16.2. The largest absolute Gasteiger partial charge is 0.332 e. The minimum absolute atomic E-state index is 0.0258. The fourth-order valence-corrected chi connectivity index (χ4v) is 2.56. The zero-order chi connectivity index (χ0) is 18.5. The Hall–Kier alpha value is -3.41. The van der Waals surface area contributed by atoms with E-state index in [0.29, 0.717) is 11.3 Å². The molecule has 0 aliphatic heterocycles. The molecular weight excluding hydrogens is 328 g/mol. The number of carbonyl (C=O) groups is 2. The van der Waals surface area contributed by atoms with Crippen LogP contribution in [0.4, 0.5) is 5.69 Å². The summed E-state index contributed by atoms with van der Waals surface area (Å²) < 4.78 is 1.82. The SMILES string of the molecule is Cc1ccc(NC(=O)CN(C)C(=O)c2cccc(-n3ccnc3)c2)cc1. The van der Waals surface area contributed by atoms with Crippen molar-refractivity contribution >= 4 is 17.5 Å². The maximum absolute atomic E-state index is 12.6. The molecule has 0 aliphatic rings. The highest BCUT2D eigenvalue weighted by Gasteiger charge is 2.15. The summed E-state index contributed by atoms with van der Waals surface area (Å²) in [6, 6.07) is 14.7. The first-order chi connectivity index (χ1) is 12.5. The Kier molecular flexibility index (Phi) is 5.12. The van der Waals surface area contributed by atoms with Crippen LogP contribution in [0.5, 0.6) is 0 Å². The summed E-state index contributed by atoms with van der Waals surface area (Å²) in [5.74, 6) is -0.457. The average Bonchev–Trinajstić information content (AvgIpc) is 3.18. The van der Waals surface area contributed by atoms with Gasteiger partial charge in [0.25, 0.3) is 5.91 Å². The summed E-state index contributed by atoms with van der Waals surface area (Å²) >= 11 is 0. The topological polar surface area (TPSA) is 67.2 Å². The van der Waals surface area contributed by atoms with E-state index in [-0.39, 0.29) is 18.4 Å². The number of hydrogen-bond donors (Lipinski definition) is 1. The molecule has 2 amide bonds. The number of imidazole rings is 1. The third-order valence-corrected chi connectivity index (χ3v) is 3.96. The average molecular weight is 348 g/mol. The van der Waals surface area contributed by atoms with E-state index in [2.05, 4.69) is 10.3 Å². The van der Waals surface area contributed by atoms with Crippen molar-refractivity contribution in [1.82, 2.24) is 14.5 Å². The molecule has 0 fully saturated rings. The number of nitrogens with one attached hydrogen (secondary N) is 1. The molecule has 0 spiro atoms. The van der Waals surface area contributed by atoms with Crippen molar-refractivity contribution in [3.63, 3.8) is 0 Å². The van der Waals surface area contributed by atoms with Crippen LogP contribution in [0.15, 0.2) is 67.3 Å². The van der Waals surface area contributed by atoms with Crippen molar-refractivity contribution in [3.8, 4) is 5.69 Å². The lowest BCUT2D eigenvalue weighted by Crippen LogP contribution is -2.35. The highest BCUT2D eigenvalue weighted by molar-refractivity contribution is 5.99. The van der Waals surface area contributed by atoms with Gasteiger partial charge in [-0.2, -0.15) is 0 Å². The van der Waals surface area contributed by atoms with Crippen LogP contribution in [0.1, 0.15) is 15.9 Å². The van der Waals surface area contributed by atoms with Gasteiger partial charge in [-0.25, -0.2) is 4.98 Å². The van der Waals surface area contributed by atoms with Crippen LogP contribution in [0, 0.1) is 6.92 Å². The summed E-state index contributed by atoms with van der Waals surface area (Å²) in [6.07, 6.45) is 5.15. The summed E-state index contributed by atoms with van der Waals surface area (Å²) in [4.78, 5) is 30.2. The van der Waals surface area contributed by atoms with Crippen LogP contribution in [-0.2, 0) is 4.79 Å². The van der Waals surface area contributed by atoms with Gasteiger partial charge in [0.1, 0.15) is 0 Å². The van der Waals surface area contributed by atoms with Gasteiger partial charge >= 0.3 is 0 Å². The van der Waals surface area contributed by atoms with Gasteiger partial charge in [-0.15, -0.1) is 0 Å². The molecule has 0 bridgehead atoms. The van der Waals surface area contributed by atoms with Crippen molar-refractivity contribution in [3.05, 3.63) is 78.4 Å². The number of likely N-dealkylation sites (N-methyl/N-ethyl adjacent to an activating group) is 1. The first-order valence-electron chi connectivity index (χ1n) is 8.23. The maximum atomic E-state index is 12.6. The number of hydrogen-bond acceptors (Lipinski definition) is 3. The van der Waals surface area contributed by atoms with E-state index in [0.717, 1.165) is 11.3 Å². The molecular formula is C20H20N4O2. The summed E-state index contributed by atoms with van der Waals surface area (Å²) in [7, 11) is 1.61. The third-order valence-electron chi connectivity index (χ3n) is 3.96. The number of nitrogens with zero attached hydrogens (tertiary/aromatic N) is 3. The Balaban J connectivity index is 1.65. The van der Waals surface area contributed by atoms with E-state index in [1.165, 1.54) is 4.90 Å². The Morgan fingerprint density at radius 2 is 1.92 bits per heavy atom. The van der Waals surface area contributed by atoms with E-state index in [9.17, 15) is 9.59 Å². The molecule has 2 aromatic carbocycles. The van der Waals surface area contributed by atoms with Crippen molar-refractivity contribution in [2.24, 2.45) is 0 Å². The quantitative estimate of drug-likeness (QED) is 0.771. The Bertz CT molecular complexity index is 902. The molecule has 0 saturated carbocycles. The van der Waals surface area contributed by atoms with E-state index < -0.39 is 0 Å². The fraction of sp³-hybridized carbons (Fsp3) is 0.150. The predicted molar refractivity (Wildman–Crippen MR) is 100 cm³/mol. The van der Waals surface area contributed by atoms with Crippen molar-refractivity contribution in [2.75, 3.05) is 18.9 Å². The summed E-state index contributed by atoms with van der Waals surface area (Å²) in [5.41, 5.74) is 3.18. The second kappa shape index (κ2) is 7.65. The van der Waals surface area contributed by atoms with E-state index in [1.54, 1.807) is 31.7 Å². The van der Waals surface area contributed by atoms with Gasteiger partial charge in [-0.05, 0) is 37.3 Å². The van der Waals surface area contributed by atoms with Gasteiger partial charge < -0.3 is 14.8 Å². The Morgan fingerprint density at radius 1 is 1.15 bits per heavy atom. The second-order valence-electron chi connectivity index (χ2n) is 6.10. The standard InChI is InChI=1S/C20H20N4O2/c1-15-6-8-17(9-7-15)22-19(25)13-23(2)20(26)16-4-3-5-18(12-16)24-11-10-21-14-24/h3-12,14H,13H2,1-2H3,(H,22,25). The molecule has 6 heteroatoms. The van der Waals surface area contributed by atoms with E-state index in [4.69, 9.17) is 0 Å². The van der Waals surface area contributed by atoms with Crippen molar-refractivity contribution in [2.45, 2.75) is 6.92 Å². The number of anilines is 1. The molecule has 3 aromatic rings. The van der Waals surface area contributed by atoms with Gasteiger partial charge in [-0.3, -0.25) is 9.59 Å². The van der Waals surface area contributed by atoms with Crippen LogP contribution >= 0.6 is 0 Å². The monoisotopic (exact) mass is 348 g/mol. The summed E-state index contributed by atoms with van der Waals surface area (Å²) in [6.45, 7) is 1.96. The minimum atomic E-state index is -0.240. The lowest BCUT2D eigenvalue weighted by Gasteiger charge is -2.17. The van der Waals surface area contributed by atoms with Crippen molar-refractivity contribution in [1.29, 1.82) is 0 Å². The molecule has 0 aliphatic carbocycles. The molecule has 6 nitrogen and oxygen atoms in total. The van der Waals surface area contributed by atoms with Gasteiger partial charge in [0.05, 0.1) is 12.9 Å². The molecule has 0 radical (unpaired) electrons. The number of carbonyl (C=O) groups excluding carboxylic acids is 2.